The third-order valence-corrected chi connectivity index (χ3v) is 9.19. The van der Waals surface area contributed by atoms with E-state index >= 15 is 0 Å². The molecule has 2 fully saturated rings. The molecule has 0 aromatic heterocycles. The highest BCUT2D eigenvalue weighted by Crippen LogP contribution is 2.40. The quantitative estimate of drug-likeness (QED) is 0.357. The second-order valence-corrected chi connectivity index (χ2v) is 13.4. The van der Waals surface area contributed by atoms with Crippen LogP contribution in [0.5, 0.6) is 5.75 Å². The first-order valence-electron chi connectivity index (χ1n) is 15.4. The van der Waals surface area contributed by atoms with Crippen molar-refractivity contribution in [3.05, 3.63) is 75.3 Å². The summed E-state index contributed by atoms with van der Waals surface area (Å²) in [6.07, 6.45) is 0. The summed E-state index contributed by atoms with van der Waals surface area (Å²) in [7, 11) is 0. The average Bonchev–Trinajstić information content (AvgIpc) is 3.03. The number of morpholine rings is 1. The number of piperazine rings is 1. The maximum Gasteiger partial charge on any atom is 0.337 e. The van der Waals surface area contributed by atoms with Crippen molar-refractivity contribution >= 4 is 46.5 Å². The predicted molar refractivity (Wildman–Crippen MR) is 179 cm³/mol. The maximum absolute atomic E-state index is 13.8. The topological polar surface area (TPSA) is 106 Å². The Morgan fingerprint density at radius 1 is 0.913 bits per heavy atom. The third kappa shape index (κ3) is 6.91. The van der Waals surface area contributed by atoms with Crippen LogP contribution in [0.3, 0.4) is 0 Å². The predicted octanol–water partition coefficient (Wildman–Crippen LogP) is 5.08. The normalized spacial score (nSPS) is 17.5. The summed E-state index contributed by atoms with van der Waals surface area (Å²) >= 11 is 13.4. The van der Waals surface area contributed by atoms with Crippen molar-refractivity contribution in [3.8, 4) is 16.9 Å². The molecule has 3 aliphatic heterocycles. The number of hydrogen-bond donors (Lipinski definition) is 2. The van der Waals surface area contributed by atoms with Gasteiger partial charge < -0.3 is 34.4 Å². The van der Waals surface area contributed by atoms with Gasteiger partial charge in [-0.2, -0.15) is 0 Å². The Labute approximate surface area is 278 Å². The van der Waals surface area contributed by atoms with Gasteiger partial charge in [-0.3, -0.25) is 9.69 Å². The van der Waals surface area contributed by atoms with Crippen LogP contribution in [0.15, 0.2) is 48.5 Å². The summed E-state index contributed by atoms with van der Waals surface area (Å²) in [4.78, 5) is 33.8. The van der Waals surface area contributed by atoms with Crippen LogP contribution < -0.4 is 14.5 Å². The van der Waals surface area contributed by atoms with Gasteiger partial charge in [0.05, 0.1) is 52.2 Å². The number of β-amino-alcohol motifs (C(OH)–C–C–N with tert-alkyl or cyclic N) is 1. The third-order valence-electron chi connectivity index (χ3n) is 8.59. The van der Waals surface area contributed by atoms with Gasteiger partial charge in [0.15, 0.2) is 6.73 Å². The summed E-state index contributed by atoms with van der Waals surface area (Å²) in [5, 5.41) is 20.6. The van der Waals surface area contributed by atoms with E-state index in [1.165, 1.54) is 0 Å². The van der Waals surface area contributed by atoms with Gasteiger partial charge in [0, 0.05) is 62.6 Å². The van der Waals surface area contributed by atoms with E-state index < -0.39 is 11.6 Å². The number of carboxylic acids is 1. The highest BCUT2D eigenvalue weighted by atomic mass is 35.5. The van der Waals surface area contributed by atoms with E-state index in [9.17, 15) is 19.8 Å². The lowest BCUT2D eigenvalue weighted by Gasteiger charge is -2.38. The van der Waals surface area contributed by atoms with Crippen LogP contribution in [-0.2, 0) is 11.3 Å². The van der Waals surface area contributed by atoms with Crippen LogP contribution in [0.2, 0.25) is 10.0 Å². The average molecular weight is 670 g/mol. The molecular formula is C34H38Cl2N4O6. The second-order valence-electron chi connectivity index (χ2n) is 12.6. The molecule has 0 radical (unpaired) electrons. The Balaban J connectivity index is 1.19. The molecule has 0 aliphatic carbocycles. The minimum atomic E-state index is -0.983. The number of ether oxygens (including phenoxy) is 2. The molecule has 3 aromatic rings. The molecule has 0 unspecified atom stereocenters. The number of aliphatic hydroxyl groups is 1. The monoisotopic (exact) mass is 668 g/mol. The van der Waals surface area contributed by atoms with Gasteiger partial charge in [-0.15, -0.1) is 0 Å². The SMILES string of the molecule is CC(C)(O)CN1CCN(c2cc(Cl)c(C(=O)N3COc4c(cccc4-c4ccc(C(=O)O)c(N5CCOCC5)c4)C3)c(Cl)c2)CC1. The van der Waals surface area contributed by atoms with E-state index in [-0.39, 0.29) is 33.8 Å². The van der Waals surface area contributed by atoms with Gasteiger partial charge >= 0.3 is 5.97 Å². The highest BCUT2D eigenvalue weighted by Gasteiger charge is 2.30. The first kappa shape index (κ1) is 32.4. The Morgan fingerprint density at radius 2 is 1.61 bits per heavy atom. The summed E-state index contributed by atoms with van der Waals surface area (Å²) in [5.74, 6) is -0.657. The van der Waals surface area contributed by atoms with Crippen molar-refractivity contribution in [1.29, 1.82) is 0 Å². The lowest BCUT2D eigenvalue weighted by Crippen LogP contribution is -2.50. The lowest BCUT2D eigenvalue weighted by atomic mass is 9.97. The summed E-state index contributed by atoms with van der Waals surface area (Å²) < 4.78 is 11.7. The van der Waals surface area contributed by atoms with E-state index in [1.54, 1.807) is 29.2 Å². The van der Waals surface area contributed by atoms with Crippen LogP contribution in [0.1, 0.15) is 40.1 Å². The van der Waals surface area contributed by atoms with Crippen LogP contribution in [0, 0.1) is 0 Å². The van der Waals surface area contributed by atoms with Crippen molar-refractivity contribution in [2.45, 2.75) is 26.0 Å². The van der Waals surface area contributed by atoms with Crippen molar-refractivity contribution in [2.24, 2.45) is 0 Å². The van der Waals surface area contributed by atoms with Gasteiger partial charge in [-0.1, -0.05) is 47.5 Å². The zero-order chi connectivity index (χ0) is 32.6. The fourth-order valence-corrected chi connectivity index (χ4v) is 7.03. The zero-order valence-electron chi connectivity index (χ0n) is 26.0. The van der Waals surface area contributed by atoms with E-state index in [2.05, 4.69) is 9.80 Å². The molecule has 0 spiro atoms. The molecule has 2 N–H and O–H groups in total. The number of carbonyl (C=O) groups excluding carboxylic acids is 1. The van der Waals surface area contributed by atoms with Crippen molar-refractivity contribution in [2.75, 3.05) is 75.6 Å². The van der Waals surface area contributed by atoms with Crippen LogP contribution in [0.25, 0.3) is 11.1 Å². The fourth-order valence-electron chi connectivity index (χ4n) is 6.39. The molecule has 10 nitrogen and oxygen atoms in total. The van der Waals surface area contributed by atoms with Gasteiger partial charge in [-0.25, -0.2) is 4.79 Å². The number of fused-ring (bicyclic) bond motifs is 1. The molecule has 46 heavy (non-hydrogen) atoms. The van der Waals surface area contributed by atoms with Crippen molar-refractivity contribution in [3.63, 3.8) is 0 Å². The molecule has 6 rings (SSSR count). The number of nitrogens with zero attached hydrogens (tertiary/aromatic N) is 4. The van der Waals surface area contributed by atoms with Gasteiger partial charge in [-0.05, 0) is 43.7 Å². The molecular weight excluding hydrogens is 631 g/mol. The number of aromatic carboxylic acids is 1. The number of carbonyl (C=O) groups is 2. The summed E-state index contributed by atoms with van der Waals surface area (Å²) in [6, 6.07) is 14.6. The molecule has 244 valence electrons. The molecule has 0 atom stereocenters. The van der Waals surface area contributed by atoms with Crippen molar-refractivity contribution in [1.82, 2.24) is 9.80 Å². The minimum Gasteiger partial charge on any atom is -0.478 e. The molecule has 1 amide bonds. The maximum atomic E-state index is 13.8. The summed E-state index contributed by atoms with van der Waals surface area (Å²) in [6.45, 7) is 9.90. The van der Waals surface area contributed by atoms with E-state index in [1.807, 2.05) is 43.0 Å². The zero-order valence-corrected chi connectivity index (χ0v) is 27.5. The number of rotatable bonds is 7. The number of carboxylic acid groups (broad SMARTS) is 1. The Hall–Kier alpha value is -3.54. The standard InChI is InChI=1S/C34H38Cl2N4O6/c1-34(2,44)20-37-8-10-38(11-9-37)24-17-27(35)30(28(36)18-24)32(41)40-19-23-4-3-5-25(31(23)46-21-40)22-6-7-26(33(42)43)29(16-22)39-12-14-45-15-13-39/h3-7,16-18,44H,8-15,19-21H2,1-2H3,(H,42,43). The molecule has 2 saturated heterocycles. The molecule has 12 heteroatoms. The first-order chi connectivity index (χ1) is 22.0. The second kappa shape index (κ2) is 13.3. The summed E-state index contributed by atoms with van der Waals surface area (Å²) in [5.41, 5.74) is 3.67. The Morgan fingerprint density at radius 3 is 2.26 bits per heavy atom. The fraction of sp³-hybridized carbons (Fsp3) is 0.412. The van der Waals surface area contributed by atoms with Gasteiger partial charge in [0.25, 0.3) is 5.91 Å². The van der Waals surface area contributed by atoms with Gasteiger partial charge in [0.2, 0.25) is 0 Å². The number of anilines is 2. The van der Waals surface area contributed by atoms with Crippen LogP contribution >= 0.6 is 23.2 Å². The highest BCUT2D eigenvalue weighted by molar-refractivity contribution is 6.40. The first-order valence-corrected chi connectivity index (χ1v) is 16.2. The molecule has 0 bridgehead atoms. The minimum absolute atomic E-state index is 0.00392. The largest absolute Gasteiger partial charge is 0.478 e. The molecule has 3 heterocycles. The molecule has 3 aliphatic rings. The van der Waals surface area contributed by atoms with Crippen LogP contribution in [-0.4, -0.2) is 103 Å². The van der Waals surface area contributed by atoms with E-state index in [0.29, 0.717) is 50.8 Å². The lowest BCUT2D eigenvalue weighted by molar-refractivity contribution is 0.0345. The Bertz CT molecular complexity index is 1610. The number of benzene rings is 3. The number of para-hydroxylation sites is 1. The number of halogens is 2. The van der Waals surface area contributed by atoms with E-state index in [4.69, 9.17) is 32.7 Å². The molecule has 3 aromatic carbocycles. The molecule has 0 saturated carbocycles. The van der Waals surface area contributed by atoms with Gasteiger partial charge in [0.1, 0.15) is 5.75 Å². The van der Waals surface area contributed by atoms with Crippen molar-refractivity contribution < 1.29 is 29.3 Å². The number of hydrogen-bond acceptors (Lipinski definition) is 8. The Kier molecular flexibility index (Phi) is 9.36. The smallest absolute Gasteiger partial charge is 0.337 e. The van der Waals surface area contributed by atoms with Crippen LogP contribution in [0.4, 0.5) is 11.4 Å². The van der Waals surface area contributed by atoms with E-state index in [0.717, 1.165) is 48.6 Å². The number of amides is 1.